The van der Waals surface area contributed by atoms with Gasteiger partial charge in [-0.15, -0.1) is 24.0 Å². The summed E-state index contributed by atoms with van der Waals surface area (Å²) in [6.45, 7) is 13.9. The van der Waals surface area contributed by atoms with Crippen LogP contribution in [0.2, 0.25) is 0 Å². The lowest BCUT2D eigenvalue weighted by molar-refractivity contribution is -0.0667. The number of nitrogens with one attached hydrogen (secondary N) is 1. The van der Waals surface area contributed by atoms with Gasteiger partial charge < -0.3 is 14.8 Å². The van der Waals surface area contributed by atoms with Gasteiger partial charge in [0.1, 0.15) is 5.82 Å². The quantitative estimate of drug-likeness (QED) is 0.407. The van der Waals surface area contributed by atoms with Crippen molar-refractivity contribution in [1.82, 2.24) is 19.8 Å². The molecule has 6 heteroatoms. The first-order valence-electron chi connectivity index (χ1n) is 9.28. The third-order valence-corrected chi connectivity index (χ3v) is 6.07. The lowest BCUT2D eigenvalue weighted by atomic mass is 9.65. The Kier molecular flexibility index (Phi) is 6.60. The van der Waals surface area contributed by atoms with Gasteiger partial charge in [-0.1, -0.05) is 38.1 Å². The van der Waals surface area contributed by atoms with E-state index >= 15 is 0 Å². The lowest BCUT2D eigenvalue weighted by Crippen LogP contribution is -2.72. The third kappa shape index (κ3) is 4.31. The number of halogens is 1. The molecule has 1 saturated heterocycles. The fourth-order valence-corrected chi connectivity index (χ4v) is 3.48. The Labute approximate surface area is 180 Å². The molecule has 0 saturated carbocycles. The summed E-state index contributed by atoms with van der Waals surface area (Å²) in [5.41, 5.74) is 2.95. The summed E-state index contributed by atoms with van der Waals surface area (Å²) in [6.07, 6.45) is 3.87. The number of benzene rings is 1. The van der Waals surface area contributed by atoms with Gasteiger partial charge in [-0.05, 0) is 31.9 Å². The second-order valence-electron chi connectivity index (χ2n) is 8.35. The first kappa shape index (κ1) is 21.7. The molecular weight excluding hydrogens is 449 g/mol. The maximum absolute atomic E-state index is 4.50. The molecule has 1 aliphatic rings. The maximum Gasteiger partial charge on any atom is 0.194 e. The van der Waals surface area contributed by atoms with Crippen LogP contribution in [0.15, 0.2) is 41.7 Å². The highest BCUT2D eigenvalue weighted by Gasteiger charge is 2.53. The Morgan fingerprint density at radius 1 is 1.22 bits per heavy atom. The number of hydrogen-bond acceptors (Lipinski definition) is 2. The third-order valence-electron chi connectivity index (χ3n) is 6.07. The van der Waals surface area contributed by atoms with Gasteiger partial charge >= 0.3 is 0 Å². The van der Waals surface area contributed by atoms with Crippen molar-refractivity contribution < 1.29 is 0 Å². The molecule has 0 atom stereocenters. The molecule has 1 aliphatic heterocycles. The van der Waals surface area contributed by atoms with E-state index in [1.807, 2.05) is 26.4 Å². The highest BCUT2D eigenvalue weighted by Crippen LogP contribution is 2.46. The maximum atomic E-state index is 4.50. The van der Waals surface area contributed by atoms with Crippen LogP contribution in [-0.2, 0) is 13.1 Å². The van der Waals surface area contributed by atoms with Gasteiger partial charge in [0.05, 0.1) is 0 Å². The van der Waals surface area contributed by atoms with Gasteiger partial charge in [0.25, 0.3) is 0 Å². The van der Waals surface area contributed by atoms with E-state index < -0.39 is 0 Å². The van der Waals surface area contributed by atoms with E-state index in [4.69, 9.17) is 0 Å². The molecule has 0 amide bonds. The van der Waals surface area contributed by atoms with E-state index in [9.17, 15) is 0 Å². The van der Waals surface area contributed by atoms with Crippen molar-refractivity contribution in [2.75, 3.05) is 13.6 Å². The molecule has 148 valence electrons. The largest absolute Gasteiger partial charge is 0.352 e. The van der Waals surface area contributed by atoms with E-state index in [-0.39, 0.29) is 29.5 Å². The monoisotopic (exact) mass is 481 g/mol. The van der Waals surface area contributed by atoms with Crippen molar-refractivity contribution in [2.45, 2.75) is 53.2 Å². The van der Waals surface area contributed by atoms with Crippen molar-refractivity contribution in [1.29, 1.82) is 0 Å². The number of hydrogen-bond donors (Lipinski definition) is 1. The van der Waals surface area contributed by atoms with Crippen LogP contribution in [0.25, 0.3) is 0 Å². The highest BCUT2D eigenvalue weighted by molar-refractivity contribution is 14.0. The molecule has 1 aromatic carbocycles. The van der Waals surface area contributed by atoms with Crippen LogP contribution < -0.4 is 5.32 Å². The molecule has 0 aliphatic carbocycles. The number of aliphatic imine (C=N–C) groups is 1. The molecule has 1 aromatic heterocycles. The van der Waals surface area contributed by atoms with Crippen LogP contribution in [-0.4, -0.2) is 39.5 Å². The zero-order chi connectivity index (χ0) is 18.9. The van der Waals surface area contributed by atoms with Crippen molar-refractivity contribution >= 4 is 29.9 Å². The first-order valence-corrected chi connectivity index (χ1v) is 9.28. The lowest BCUT2D eigenvalue weighted by Gasteiger charge is -2.62. The minimum absolute atomic E-state index is 0. The van der Waals surface area contributed by atoms with Gasteiger partial charge in [0.2, 0.25) is 0 Å². The molecule has 5 nitrogen and oxygen atoms in total. The fraction of sp³-hybridized carbons (Fsp3) is 0.524. The highest BCUT2D eigenvalue weighted by atomic mass is 127. The summed E-state index contributed by atoms with van der Waals surface area (Å²) in [7, 11) is 1.86. The summed E-state index contributed by atoms with van der Waals surface area (Å²) in [6, 6.07) is 8.71. The van der Waals surface area contributed by atoms with Crippen LogP contribution in [0.5, 0.6) is 0 Å². The topological polar surface area (TPSA) is 45.5 Å². The molecule has 0 spiro atoms. The minimum Gasteiger partial charge on any atom is -0.352 e. The number of aryl methyl sites for hydroxylation is 1. The molecule has 3 rings (SSSR count). The van der Waals surface area contributed by atoms with E-state index in [1.165, 1.54) is 11.1 Å². The minimum atomic E-state index is 0. The fourth-order valence-electron chi connectivity index (χ4n) is 3.48. The van der Waals surface area contributed by atoms with E-state index in [0.29, 0.717) is 5.41 Å². The molecule has 27 heavy (non-hydrogen) atoms. The number of guanidine groups is 1. The summed E-state index contributed by atoms with van der Waals surface area (Å²) in [4.78, 5) is 11.2. The van der Waals surface area contributed by atoms with Crippen LogP contribution in [0.1, 0.15) is 44.6 Å². The Bertz CT molecular complexity index is 806. The van der Waals surface area contributed by atoms with E-state index in [2.05, 4.69) is 76.7 Å². The smallest absolute Gasteiger partial charge is 0.194 e. The molecular formula is C21H32IN5. The van der Waals surface area contributed by atoms with Crippen LogP contribution in [0, 0.1) is 12.3 Å². The zero-order valence-electron chi connectivity index (χ0n) is 17.3. The van der Waals surface area contributed by atoms with Crippen molar-refractivity contribution in [3.8, 4) is 0 Å². The van der Waals surface area contributed by atoms with Crippen molar-refractivity contribution in [3.05, 3.63) is 53.6 Å². The van der Waals surface area contributed by atoms with Gasteiger partial charge in [-0.3, -0.25) is 4.99 Å². The van der Waals surface area contributed by atoms with E-state index in [0.717, 1.165) is 31.4 Å². The van der Waals surface area contributed by atoms with E-state index in [1.54, 1.807) is 0 Å². The molecule has 0 bridgehead atoms. The SMILES string of the molecule is CN=C(NCc1cccc(Cn2ccnc2C)c1)N1CC(C)(C)C1(C)C.I. The molecule has 0 unspecified atom stereocenters. The average molecular weight is 481 g/mol. The summed E-state index contributed by atoms with van der Waals surface area (Å²) in [5.74, 6) is 2.02. The zero-order valence-corrected chi connectivity index (χ0v) is 19.6. The second kappa shape index (κ2) is 8.20. The summed E-state index contributed by atoms with van der Waals surface area (Å²) >= 11 is 0. The molecule has 2 heterocycles. The van der Waals surface area contributed by atoms with Gasteiger partial charge in [0, 0.05) is 50.0 Å². The Balaban J connectivity index is 0.00000261. The van der Waals surface area contributed by atoms with Crippen LogP contribution in [0.4, 0.5) is 0 Å². The van der Waals surface area contributed by atoms with Crippen molar-refractivity contribution in [2.24, 2.45) is 10.4 Å². The summed E-state index contributed by atoms with van der Waals surface area (Å²) < 4.78 is 2.16. The van der Waals surface area contributed by atoms with Gasteiger partial charge in [-0.2, -0.15) is 0 Å². The Morgan fingerprint density at radius 3 is 2.48 bits per heavy atom. The number of aromatic nitrogens is 2. The van der Waals surface area contributed by atoms with Crippen LogP contribution in [0.3, 0.4) is 0 Å². The predicted octanol–water partition coefficient (Wildman–Crippen LogP) is 4.05. The van der Waals surface area contributed by atoms with Gasteiger partial charge in [0.15, 0.2) is 5.96 Å². The molecule has 0 radical (unpaired) electrons. The second-order valence-corrected chi connectivity index (χ2v) is 8.35. The summed E-state index contributed by atoms with van der Waals surface area (Å²) in [5, 5.41) is 3.54. The molecule has 1 N–H and O–H groups in total. The number of imidazole rings is 1. The Hall–Kier alpha value is -1.57. The number of likely N-dealkylation sites (tertiary alicyclic amines) is 1. The Morgan fingerprint density at radius 2 is 1.93 bits per heavy atom. The first-order chi connectivity index (χ1) is 12.2. The normalized spacial score (nSPS) is 17.9. The number of nitrogens with zero attached hydrogens (tertiary/aromatic N) is 4. The van der Waals surface area contributed by atoms with Crippen LogP contribution >= 0.6 is 24.0 Å². The number of rotatable bonds is 4. The molecule has 2 aromatic rings. The predicted molar refractivity (Wildman–Crippen MR) is 123 cm³/mol. The standard InChI is InChI=1S/C21H31N5.HI/c1-16-23-10-11-25(16)14-18-9-7-8-17(12-18)13-24-19(22-6)26-15-20(2,3)21(26,4)5;/h7-12H,13-15H2,1-6H3,(H,22,24);1H. The van der Waals surface area contributed by atoms with Gasteiger partial charge in [-0.25, -0.2) is 4.98 Å². The van der Waals surface area contributed by atoms with Crippen molar-refractivity contribution in [3.63, 3.8) is 0 Å². The average Bonchev–Trinajstić information content (AvgIpc) is 2.99. The molecule has 1 fully saturated rings.